The van der Waals surface area contributed by atoms with Crippen molar-refractivity contribution in [2.75, 3.05) is 36.9 Å². The van der Waals surface area contributed by atoms with E-state index >= 15 is 0 Å². The van der Waals surface area contributed by atoms with E-state index in [1.54, 1.807) is 12.4 Å². The molecule has 6 rings (SSSR count). The van der Waals surface area contributed by atoms with Gasteiger partial charge in [-0.15, -0.1) is 0 Å². The van der Waals surface area contributed by atoms with E-state index in [4.69, 9.17) is 19.4 Å². The molecule has 2 aliphatic rings. The third kappa shape index (κ3) is 10.7. The van der Waals surface area contributed by atoms with Crippen molar-refractivity contribution in [3.8, 4) is 0 Å². The van der Waals surface area contributed by atoms with Gasteiger partial charge in [0.05, 0.1) is 47.5 Å². The average molecular weight is 770 g/mol. The van der Waals surface area contributed by atoms with Crippen molar-refractivity contribution in [1.82, 2.24) is 34.8 Å². The first-order chi connectivity index (χ1) is 26.7. The molecule has 0 amide bonds. The lowest BCUT2D eigenvalue weighted by molar-refractivity contribution is -0.158. The maximum Gasteiger partial charge on any atom is 0.312 e. The van der Waals surface area contributed by atoms with Gasteiger partial charge in [0.2, 0.25) is 0 Å². The minimum Gasteiger partial charge on any atom is -0.466 e. The zero-order valence-corrected chi connectivity index (χ0v) is 34.8. The molecule has 0 atom stereocenters. The third-order valence-electron chi connectivity index (χ3n) is 10.5. The predicted octanol–water partition coefficient (Wildman–Crippen LogP) is 8.08. The normalized spacial score (nSPS) is 16.6. The van der Waals surface area contributed by atoms with Crippen LogP contribution in [0.3, 0.4) is 0 Å². The highest BCUT2D eigenvalue weighted by atomic mass is 16.5. The van der Waals surface area contributed by atoms with Crippen molar-refractivity contribution in [1.29, 1.82) is 0 Å². The number of anilines is 4. The SMILES string of the molecule is CCOC(=O)C1(Cc2cccc(Nc3ccnn3C(C)(C)C)n2)CCCCC1.CCOC(=O)C1(Cc2cccc(Nc3ccnn3C(C)(C)C)n2)CCNCC1. The predicted molar refractivity (Wildman–Crippen MR) is 220 cm³/mol. The van der Waals surface area contributed by atoms with Gasteiger partial charge in [0.1, 0.15) is 23.3 Å². The summed E-state index contributed by atoms with van der Waals surface area (Å²) in [7, 11) is 0. The molecule has 1 saturated carbocycles. The van der Waals surface area contributed by atoms with Gasteiger partial charge in [0.25, 0.3) is 0 Å². The molecule has 4 aromatic rings. The number of piperidine rings is 1. The molecule has 5 heterocycles. The maximum absolute atomic E-state index is 12.7. The van der Waals surface area contributed by atoms with E-state index in [2.05, 4.69) is 67.7 Å². The summed E-state index contributed by atoms with van der Waals surface area (Å²) in [6.07, 6.45) is 11.4. The van der Waals surface area contributed by atoms with E-state index in [0.29, 0.717) is 26.1 Å². The number of pyridine rings is 2. The van der Waals surface area contributed by atoms with Crippen LogP contribution < -0.4 is 16.0 Å². The lowest BCUT2D eigenvalue weighted by Gasteiger charge is -2.35. The van der Waals surface area contributed by atoms with Crippen LogP contribution >= 0.6 is 0 Å². The molecule has 4 aromatic heterocycles. The molecular formula is C43H63N9O4. The lowest BCUT2D eigenvalue weighted by Crippen LogP contribution is -2.44. The molecule has 0 radical (unpaired) electrons. The summed E-state index contributed by atoms with van der Waals surface area (Å²) in [5.41, 5.74) is 0.614. The largest absolute Gasteiger partial charge is 0.466 e. The van der Waals surface area contributed by atoms with E-state index in [1.807, 2.05) is 71.7 Å². The molecule has 2 fully saturated rings. The maximum atomic E-state index is 12.7. The fourth-order valence-corrected chi connectivity index (χ4v) is 7.72. The number of hydrogen-bond donors (Lipinski definition) is 3. The molecule has 1 saturated heterocycles. The monoisotopic (exact) mass is 770 g/mol. The van der Waals surface area contributed by atoms with Crippen LogP contribution in [0.25, 0.3) is 0 Å². The van der Waals surface area contributed by atoms with Gasteiger partial charge in [-0.2, -0.15) is 10.2 Å². The summed E-state index contributed by atoms with van der Waals surface area (Å²) >= 11 is 0. The van der Waals surface area contributed by atoms with E-state index in [9.17, 15) is 9.59 Å². The summed E-state index contributed by atoms with van der Waals surface area (Å²) in [6.45, 7) is 18.8. The number of ether oxygens (including phenoxy) is 2. The number of rotatable bonds is 12. The van der Waals surface area contributed by atoms with Crippen LogP contribution in [0.5, 0.6) is 0 Å². The Morgan fingerprint density at radius 1 is 0.661 bits per heavy atom. The van der Waals surface area contributed by atoms with Gasteiger partial charge in [-0.1, -0.05) is 31.4 Å². The number of hydrogen-bond acceptors (Lipinski definition) is 11. The molecular weight excluding hydrogens is 707 g/mol. The Hall–Kier alpha value is -4.78. The second kappa shape index (κ2) is 18.4. The van der Waals surface area contributed by atoms with Gasteiger partial charge < -0.3 is 25.4 Å². The fourth-order valence-electron chi connectivity index (χ4n) is 7.72. The van der Waals surface area contributed by atoms with Crippen LogP contribution in [0.2, 0.25) is 0 Å². The highest BCUT2D eigenvalue weighted by Crippen LogP contribution is 2.40. The average Bonchev–Trinajstić information content (AvgIpc) is 3.84. The number of carbonyl (C=O) groups is 2. The molecule has 3 N–H and O–H groups in total. The van der Waals surface area contributed by atoms with Gasteiger partial charge in [-0.3, -0.25) is 9.59 Å². The number of nitrogens with zero attached hydrogens (tertiary/aromatic N) is 6. The minimum atomic E-state index is -0.500. The standard InChI is InChI=1S/C22H32N4O2.C21H31N5O2/c1-5-28-20(27)22(13-7-6-8-14-22)16-17-10-9-11-18(24-17)25-19-12-15-23-26(19)21(2,3)4;1-5-28-19(27)21(10-13-22-14-11-21)15-16-7-6-8-17(24-16)25-18-9-12-23-26(18)20(2,3)4/h9-12,15H,5-8,13-14,16H2,1-4H3,(H,24,25);6-9,12,22H,5,10-11,13-15H2,1-4H3,(H,24,25). The van der Waals surface area contributed by atoms with E-state index in [-0.39, 0.29) is 23.0 Å². The zero-order valence-electron chi connectivity index (χ0n) is 34.8. The number of aromatic nitrogens is 6. The van der Waals surface area contributed by atoms with Crippen LogP contribution in [0.1, 0.15) is 112 Å². The Bertz CT molecular complexity index is 1740. The van der Waals surface area contributed by atoms with Crippen molar-refractivity contribution in [3.63, 3.8) is 0 Å². The molecule has 56 heavy (non-hydrogen) atoms. The smallest absolute Gasteiger partial charge is 0.312 e. The van der Waals surface area contributed by atoms with Crippen LogP contribution in [0, 0.1) is 10.8 Å². The number of esters is 2. The first kappa shape index (κ1) is 42.4. The van der Waals surface area contributed by atoms with Crippen LogP contribution in [-0.4, -0.2) is 67.8 Å². The van der Waals surface area contributed by atoms with Crippen LogP contribution in [0.15, 0.2) is 60.9 Å². The van der Waals surface area contributed by atoms with Crippen molar-refractivity contribution in [3.05, 3.63) is 72.3 Å². The van der Waals surface area contributed by atoms with Gasteiger partial charge in [-0.25, -0.2) is 19.3 Å². The van der Waals surface area contributed by atoms with Crippen molar-refractivity contribution < 1.29 is 19.1 Å². The van der Waals surface area contributed by atoms with Gasteiger partial charge in [-0.05, 0) is 118 Å². The number of nitrogens with one attached hydrogen (secondary N) is 3. The number of carbonyl (C=O) groups excluding carboxylic acids is 2. The Labute approximate surface area is 332 Å². The molecule has 13 nitrogen and oxygen atoms in total. The first-order valence-corrected chi connectivity index (χ1v) is 20.3. The van der Waals surface area contributed by atoms with Crippen molar-refractivity contribution in [2.45, 2.75) is 124 Å². The summed E-state index contributed by atoms with van der Waals surface area (Å²) in [5, 5.41) is 18.9. The van der Waals surface area contributed by atoms with E-state index < -0.39 is 10.8 Å². The Morgan fingerprint density at radius 3 is 1.50 bits per heavy atom. The van der Waals surface area contributed by atoms with Crippen LogP contribution in [-0.2, 0) is 43.0 Å². The van der Waals surface area contributed by atoms with Crippen molar-refractivity contribution in [2.24, 2.45) is 10.8 Å². The Kier molecular flexibility index (Phi) is 14.0. The molecule has 0 unspecified atom stereocenters. The Morgan fingerprint density at radius 2 is 1.09 bits per heavy atom. The van der Waals surface area contributed by atoms with E-state index in [1.165, 1.54) is 6.42 Å². The van der Waals surface area contributed by atoms with Gasteiger partial charge in [0.15, 0.2) is 0 Å². The quantitative estimate of drug-likeness (QED) is 0.120. The minimum absolute atomic E-state index is 0.0688. The second-order valence-electron chi connectivity index (χ2n) is 17.0. The molecule has 0 spiro atoms. The molecule has 304 valence electrons. The fraction of sp³-hybridized carbons (Fsp3) is 0.581. The lowest BCUT2D eigenvalue weighted by atomic mass is 9.71. The molecule has 1 aliphatic heterocycles. The first-order valence-electron chi connectivity index (χ1n) is 20.3. The molecule has 0 bridgehead atoms. The topological polar surface area (TPSA) is 150 Å². The third-order valence-corrected chi connectivity index (χ3v) is 10.5. The van der Waals surface area contributed by atoms with Gasteiger partial charge >= 0.3 is 11.9 Å². The highest BCUT2D eigenvalue weighted by molar-refractivity contribution is 5.78. The van der Waals surface area contributed by atoms with Gasteiger partial charge in [0, 0.05) is 36.4 Å². The zero-order chi connectivity index (χ0) is 40.4. The summed E-state index contributed by atoms with van der Waals surface area (Å²) in [6, 6.07) is 15.7. The van der Waals surface area contributed by atoms with E-state index in [0.717, 1.165) is 86.3 Å². The molecule has 0 aromatic carbocycles. The summed E-state index contributed by atoms with van der Waals surface area (Å²) in [4.78, 5) is 35.0. The van der Waals surface area contributed by atoms with Crippen LogP contribution in [0.4, 0.5) is 23.3 Å². The second-order valence-corrected chi connectivity index (χ2v) is 17.0. The Balaban J connectivity index is 0.000000214. The molecule has 13 heteroatoms. The van der Waals surface area contributed by atoms with Crippen molar-refractivity contribution >= 4 is 35.2 Å². The highest BCUT2D eigenvalue weighted by Gasteiger charge is 2.42. The summed E-state index contributed by atoms with van der Waals surface area (Å²) < 4.78 is 14.7. The molecule has 1 aliphatic carbocycles. The summed E-state index contributed by atoms with van der Waals surface area (Å²) in [5.74, 6) is 3.12.